The van der Waals surface area contributed by atoms with Crippen LogP contribution in [0.5, 0.6) is 0 Å². The first-order valence-electron chi connectivity index (χ1n) is 7.80. The van der Waals surface area contributed by atoms with Crippen molar-refractivity contribution in [1.29, 1.82) is 0 Å². The molecule has 124 valence electrons. The lowest BCUT2D eigenvalue weighted by Crippen LogP contribution is -2.48. The molecule has 8 nitrogen and oxygen atoms in total. The van der Waals surface area contributed by atoms with Crippen LogP contribution in [0.1, 0.15) is 34.5 Å². The number of carbonyl (C=O) groups is 1. The molecule has 1 fully saturated rings. The number of likely N-dealkylation sites (N-methyl/N-ethyl adjacent to an activating group) is 1. The van der Waals surface area contributed by atoms with Crippen LogP contribution in [-0.2, 0) is 6.54 Å². The maximum atomic E-state index is 12.7. The fourth-order valence-electron chi connectivity index (χ4n) is 2.66. The predicted molar refractivity (Wildman–Crippen MR) is 86.5 cm³/mol. The van der Waals surface area contributed by atoms with Gasteiger partial charge in [-0.1, -0.05) is 12.1 Å². The number of piperazine rings is 1. The lowest BCUT2D eigenvalue weighted by molar-refractivity contribution is 0.0636. The van der Waals surface area contributed by atoms with E-state index in [2.05, 4.69) is 30.9 Å². The van der Waals surface area contributed by atoms with Crippen LogP contribution in [0.15, 0.2) is 0 Å². The Morgan fingerprint density at radius 1 is 1.17 bits per heavy atom. The van der Waals surface area contributed by atoms with Crippen molar-refractivity contribution in [3.05, 3.63) is 22.8 Å². The van der Waals surface area contributed by atoms with Gasteiger partial charge in [0.1, 0.15) is 0 Å². The van der Waals surface area contributed by atoms with Crippen molar-refractivity contribution in [2.24, 2.45) is 0 Å². The Labute approximate surface area is 139 Å². The van der Waals surface area contributed by atoms with Crippen LogP contribution in [0.4, 0.5) is 0 Å². The van der Waals surface area contributed by atoms with Crippen molar-refractivity contribution in [2.45, 2.75) is 27.3 Å². The monoisotopic (exact) mass is 335 g/mol. The number of nitrogens with zero attached hydrogens (tertiary/aromatic N) is 7. The van der Waals surface area contributed by atoms with Gasteiger partial charge in [0.15, 0.2) is 5.69 Å². The minimum atomic E-state index is -0.0300. The van der Waals surface area contributed by atoms with E-state index in [1.165, 1.54) is 11.7 Å². The van der Waals surface area contributed by atoms with Crippen LogP contribution in [0.25, 0.3) is 0 Å². The molecule has 9 heteroatoms. The van der Waals surface area contributed by atoms with Gasteiger partial charge in [0.2, 0.25) is 0 Å². The highest BCUT2D eigenvalue weighted by molar-refractivity contribution is 6.99. The summed E-state index contributed by atoms with van der Waals surface area (Å²) >= 11 is 1.19. The summed E-state index contributed by atoms with van der Waals surface area (Å²) in [6.45, 7) is 10.8. The van der Waals surface area contributed by atoms with Gasteiger partial charge in [0, 0.05) is 26.2 Å². The summed E-state index contributed by atoms with van der Waals surface area (Å²) in [6.07, 6.45) is 0. The molecule has 0 unspecified atom stereocenters. The average molecular weight is 335 g/mol. The van der Waals surface area contributed by atoms with Crippen LogP contribution in [-0.4, -0.2) is 72.2 Å². The van der Waals surface area contributed by atoms with Gasteiger partial charge in [-0.05, 0) is 20.4 Å². The second-order valence-corrected chi connectivity index (χ2v) is 6.23. The van der Waals surface area contributed by atoms with Crippen molar-refractivity contribution in [2.75, 3.05) is 32.7 Å². The average Bonchev–Trinajstić information content (AvgIpc) is 3.14. The number of carbonyl (C=O) groups excluding carboxylic acids is 1. The first kappa shape index (κ1) is 16.0. The Kier molecular flexibility index (Phi) is 4.67. The Hall–Kier alpha value is -1.87. The third kappa shape index (κ3) is 3.25. The lowest BCUT2D eigenvalue weighted by Gasteiger charge is -2.33. The highest BCUT2D eigenvalue weighted by Crippen LogP contribution is 2.13. The second kappa shape index (κ2) is 6.71. The Bertz CT molecular complexity index is 687. The molecule has 1 saturated heterocycles. The topological polar surface area (TPSA) is 80.0 Å². The first-order valence-corrected chi connectivity index (χ1v) is 8.53. The molecule has 0 radical (unpaired) electrons. The highest BCUT2D eigenvalue weighted by atomic mass is 32.1. The number of rotatable bonds is 4. The van der Waals surface area contributed by atoms with E-state index in [9.17, 15) is 4.79 Å². The zero-order chi connectivity index (χ0) is 16.4. The van der Waals surface area contributed by atoms with Gasteiger partial charge in [0.25, 0.3) is 5.91 Å². The van der Waals surface area contributed by atoms with E-state index >= 15 is 0 Å². The molecule has 2 aromatic rings. The summed E-state index contributed by atoms with van der Waals surface area (Å²) in [5, 5.41) is 8.23. The third-order valence-corrected chi connectivity index (χ3v) is 5.00. The van der Waals surface area contributed by atoms with E-state index in [1.54, 1.807) is 4.68 Å². The van der Waals surface area contributed by atoms with Crippen LogP contribution >= 0.6 is 11.7 Å². The second-order valence-electron chi connectivity index (χ2n) is 5.70. The van der Waals surface area contributed by atoms with Crippen molar-refractivity contribution >= 4 is 17.6 Å². The summed E-state index contributed by atoms with van der Waals surface area (Å²) in [7, 11) is 0. The van der Waals surface area contributed by atoms with Gasteiger partial charge >= 0.3 is 0 Å². The van der Waals surface area contributed by atoms with Crippen molar-refractivity contribution in [3.8, 4) is 0 Å². The normalized spacial score (nSPS) is 16.0. The molecule has 1 aliphatic rings. The molecule has 0 N–H and O–H groups in total. The molecule has 0 bridgehead atoms. The van der Waals surface area contributed by atoms with Crippen molar-refractivity contribution < 1.29 is 4.79 Å². The van der Waals surface area contributed by atoms with Crippen LogP contribution in [0, 0.1) is 13.8 Å². The molecule has 23 heavy (non-hydrogen) atoms. The minimum absolute atomic E-state index is 0.0300. The van der Waals surface area contributed by atoms with Gasteiger partial charge < -0.3 is 9.80 Å². The molecular formula is C14H21N7OS. The molecule has 1 amide bonds. The van der Waals surface area contributed by atoms with Gasteiger partial charge in [-0.2, -0.15) is 8.75 Å². The summed E-state index contributed by atoms with van der Waals surface area (Å²) in [6, 6.07) is 0. The van der Waals surface area contributed by atoms with Gasteiger partial charge in [0.05, 0.1) is 35.4 Å². The van der Waals surface area contributed by atoms with E-state index in [0.29, 0.717) is 12.2 Å². The summed E-state index contributed by atoms with van der Waals surface area (Å²) in [5.74, 6) is -0.0300. The Morgan fingerprint density at radius 3 is 2.52 bits per heavy atom. The molecule has 2 aromatic heterocycles. The molecule has 0 aromatic carbocycles. The molecule has 0 atom stereocenters. The number of hydrogen-bond acceptors (Lipinski definition) is 7. The van der Waals surface area contributed by atoms with Gasteiger partial charge in [-0.25, -0.2) is 4.68 Å². The maximum Gasteiger partial charge on any atom is 0.276 e. The zero-order valence-electron chi connectivity index (χ0n) is 13.7. The van der Waals surface area contributed by atoms with Crippen LogP contribution < -0.4 is 0 Å². The van der Waals surface area contributed by atoms with Crippen LogP contribution in [0.2, 0.25) is 0 Å². The number of amides is 1. The highest BCUT2D eigenvalue weighted by Gasteiger charge is 2.26. The Balaban J connectivity index is 1.71. The molecular weight excluding hydrogens is 314 g/mol. The van der Waals surface area contributed by atoms with Crippen molar-refractivity contribution in [3.63, 3.8) is 0 Å². The summed E-state index contributed by atoms with van der Waals surface area (Å²) in [5.41, 5.74) is 2.99. The van der Waals surface area contributed by atoms with Gasteiger partial charge in [-0.3, -0.25) is 4.79 Å². The minimum Gasteiger partial charge on any atom is -0.335 e. The van der Waals surface area contributed by atoms with E-state index in [-0.39, 0.29) is 5.91 Å². The number of hydrogen-bond donors (Lipinski definition) is 0. The molecule has 0 spiro atoms. The first-order chi connectivity index (χ1) is 11.1. The smallest absolute Gasteiger partial charge is 0.276 e. The molecule has 3 heterocycles. The van der Waals surface area contributed by atoms with Crippen LogP contribution in [0.3, 0.4) is 0 Å². The summed E-state index contributed by atoms with van der Waals surface area (Å²) in [4.78, 5) is 16.9. The molecule has 1 aliphatic heterocycles. The molecule has 3 rings (SSSR count). The van der Waals surface area contributed by atoms with Crippen molar-refractivity contribution in [1.82, 2.24) is 33.5 Å². The van der Waals surface area contributed by atoms with Gasteiger partial charge in [-0.15, -0.1) is 5.10 Å². The fraction of sp³-hybridized carbons (Fsp3) is 0.643. The molecule has 0 saturated carbocycles. The standard InChI is InChI=1S/C14H21N7OS/c1-4-19-5-7-20(8-6-19)14(22)13-11(3)21(18-15-13)9-12-10(2)16-23-17-12/h4-9H2,1-3H3. The maximum absolute atomic E-state index is 12.7. The van der Waals surface area contributed by atoms with E-state index in [0.717, 1.165) is 49.8 Å². The number of aryl methyl sites for hydroxylation is 1. The summed E-state index contributed by atoms with van der Waals surface area (Å²) < 4.78 is 10.1. The van der Waals surface area contributed by atoms with E-state index < -0.39 is 0 Å². The SMILES string of the molecule is CCN1CCN(C(=O)c2nnn(Cc3nsnc3C)c2C)CC1. The largest absolute Gasteiger partial charge is 0.335 e. The van der Waals surface area contributed by atoms with E-state index in [1.807, 2.05) is 18.7 Å². The molecule has 0 aliphatic carbocycles. The fourth-order valence-corrected chi connectivity index (χ4v) is 3.22. The lowest BCUT2D eigenvalue weighted by atomic mass is 10.2. The quantitative estimate of drug-likeness (QED) is 0.813. The van der Waals surface area contributed by atoms with E-state index in [4.69, 9.17) is 0 Å². The predicted octanol–water partition coefficient (Wildman–Crippen LogP) is 0.572. The Morgan fingerprint density at radius 2 is 1.91 bits per heavy atom. The zero-order valence-corrected chi connectivity index (χ0v) is 14.5. The number of aromatic nitrogens is 5. The third-order valence-electron chi connectivity index (χ3n) is 4.34.